The first-order valence-electron chi connectivity index (χ1n) is 12.9. The molecule has 0 spiro atoms. The number of rotatable bonds is 11. The van der Waals surface area contributed by atoms with Gasteiger partial charge in [0, 0.05) is 17.6 Å². The third-order valence-electron chi connectivity index (χ3n) is 6.30. The molecule has 2 amide bonds. The van der Waals surface area contributed by atoms with Crippen molar-refractivity contribution in [1.29, 1.82) is 0 Å². The van der Waals surface area contributed by atoms with Crippen molar-refractivity contribution in [2.24, 2.45) is 5.92 Å². The van der Waals surface area contributed by atoms with E-state index in [-0.39, 0.29) is 23.3 Å². The maximum atomic E-state index is 13.9. The second kappa shape index (κ2) is 13.3. The highest BCUT2D eigenvalue weighted by Gasteiger charge is 2.32. The number of sulfonamides is 1. The monoisotopic (exact) mass is 613 g/mol. The second-order valence-electron chi connectivity index (χ2n) is 10.1. The van der Waals surface area contributed by atoms with Crippen LogP contribution in [0.2, 0.25) is 0 Å². The van der Waals surface area contributed by atoms with E-state index in [1.54, 1.807) is 43.3 Å². The Bertz CT molecular complexity index is 1390. The van der Waals surface area contributed by atoms with Crippen LogP contribution in [0.1, 0.15) is 37.5 Å². The van der Waals surface area contributed by atoms with E-state index in [0.29, 0.717) is 12.2 Å². The molecule has 0 aliphatic rings. The molecule has 208 valence electrons. The van der Waals surface area contributed by atoms with E-state index >= 15 is 0 Å². The van der Waals surface area contributed by atoms with Crippen LogP contribution in [-0.2, 0) is 26.2 Å². The zero-order valence-corrected chi connectivity index (χ0v) is 25.4. The summed E-state index contributed by atoms with van der Waals surface area (Å²) in [4.78, 5) is 28.5. The van der Waals surface area contributed by atoms with Crippen LogP contribution in [0.4, 0.5) is 5.69 Å². The highest BCUT2D eigenvalue weighted by Crippen LogP contribution is 2.25. The van der Waals surface area contributed by atoms with Crippen LogP contribution >= 0.6 is 15.9 Å². The Morgan fingerprint density at radius 1 is 0.897 bits per heavy atom. The van der Waals surface area contributed by atoms with E-state index in [1.807, 2.05) is 52.0 Å². The van der Waals surface area contributed by atoms with Crippen molar-refractivity contribution in [2.45, 2.75) is 52.1 Å². The number of hydrogen-bond acceptors (Lipinski definition) is 4. The van der Waals surface area contributed by atoms with Gasteiger partial charge in [0.25, 0.3) is 10.0 Å². The van der Waals surface area contributed by atoms with Gasteiger partial charge in [0.05, 0.1) is 10.6 Å². The molecule has 3 rings (SSSR count). The zero-order valence-electron chi connectivity index (χ0n) is 23.0. The van der Waals surface area contributed by atoms with E-state index < -0.39 is 28.5 Å². The fourth-order valence-electron chi connectivity index (χ4n) is 3.94. The fraction of sp³-hybridized carbons (Fsp3) is 0.333. The summed E-state index contributed by atoms with van der Waals surface area (Å²) in [5.41, 5.74) is 3.07. The van der Waals surface area contributed by atoms with E-state index in [4.69, 9.17) is 0 Å². The Labute approximate surface area is 240 Å². The molecule has 1 atom stereocenters. The first-order chi connectivity index (χ1) is 18.4. The van der Waals surface area contributed by atoms with Gasteiger partial charge in [-0.3, -0.25) is 13.9 Å². The Morgan fingerprint density at radius 2 is 1.49 bits per heavy atom. The maximum absolute atomic E-state index is 13.9. The number of carbonyl (C=O) groups is 2. The minimum absolute atomic E-state index is 0.0859. The van der Waals surface area contributed by atoms with Gasteiger partial charge in [-0.2, -0.15) is 0 Å². The first kappa shape index (κ1) is 30.4. The number of amides is 2. The quantitative estimate of drug-likeness (QED) is 0.311. The molecule has 7 nitrogen and oxygen atoms in total. The number of benzene rings is 3. The molecule has 3 aromatic carbocycles. The third-order valence-corrected chi connectivity index (χ3v) is 8.58. The summed E-state index contributed by atoms with van der Waals surface area (Å²) < 4.78 is 29.6. The van der Waals surface area contributed by atoms with Gasteiger partial charge in [-0.05, 0) is 68.7 Å². The minimum atomic E-state index is -4.08. The molecule has 0 heterocycles. The second-order valence-corrected chi connectivity index (χ2v) is 12.9. The smallest absolute Gasteiger partial charge is 0.264 e. The summed E-state index contributed by atoms with van der Waals surface area (Å²) in [5, 5.41) is 2.89. The number of halogens is 1. The molecule has 3 aromatic rings. The highest BCUT2D eigenvalue weighted by molar-refractivity contribution is 9.10. The molecule has 39 heavy (non-hydrogen) atoms. The largest absolute Gasteiger partial charge is 0.354 e. The Morgan fingerprint density at radius 3 is 2.05 bits per heavy atom. The Hall–Kier alpha value is -3.17. The highest BCUT2D eigenvalue weighted by atomic mass is 79.9. The van der Waals surface area contributed by atoms with Crippen LogP contribution in [0, 0.1) is 19.8 Å². The van der Waals surface area contributed by atoms with Crippen molar-refractivity contribution in [3.63, 3.8) is 0 Å². The number of anilines is 1. The topological polar surface area (TPSA) is 86.8 Å². The number of hydrogen-bond donors (Lipinski definition) is 1. The fourth-order valence-corrected chi connectivity index (χ4v) is 5.81. The van der Waals surface area contributed by atoms with Crippen LogP contribution in [0.5, 0.6) is 0 Å². The van der Waals surface area contributed by atoms with Crippen LogP contribution in [0.3, 0.4) is 0 Å². The normalized spacial score (nSPS) is 12.2. The molecule has 0 aliphatic heterocycles. The molecule has 0 saturated carbocycles. The lowest BCUT2D eigenvalue weighted by Crippen LogP contribution is -2.51. The average molecular weight is 615 g/mol. The molecule has 1 N–H and O–H groups in total. The van der Waals surface area contributed by atoms with Crippen LogP contribution in [-0.4, -0.2) is 44.3 Å². The van der Waals surface area contributed by atoms with Crippen LogP contribution < -0.4 is 9.62 Å². The Kier molecular flexibility index (Phi) is 10.3. The lowest BCUT2D eigenvalue weighted by atomic mass is 10.1. The lowest BCUT2D eigenvalue weighted by molar-refractivity contribution is -0.139. The van der Waals surface area contributed by atoms with Crippen molar-refractivity contribution < 1.29 is 18.0 Å². The van der Waals surface area contributed by atoms with Gasteiger partial charge in [0.1, 0.15) is 12.6 Å². The van der Waals surface area contributed by atoms with Gasteiger partial charge >= 0.3 is 0 Å². The van der Waals surface area contributed by atoms with Gasteiger partial charge < -0.3 is 10.2 Å². The summed E-state index contributed by atoms with van der Waals surface area (Å²) >= 11 is 3.46. The van der Waals surface area contributed by atoms with Crippen molar-refractivity contribution in [1.82, 2.24) is 10.2 Å². The maximum Gasteiger partial charge on any atom is 0.264 e. The van der Waals surface area contributed by atoms with Crippen molar-refractivity contribution >= 4 is 43.5 Å². The summed E-state index contributed by atoms with van der Waals surface area (Å²) in [6.07, 6.45) is 0. The van der Waals surface area contributed by atoms with Crippen molar-refractivity contribution in [3.8, 4) is 0 Å². The molecule has 0 unspecified atom stereocenters. The van der Waals surface area contributed by atoms with Crippen molar-refractivity contribution in [2.75, 3.05) is 17.4 Å². The van der Waals surface area contributed by atoms with Crippen molar-refractivity contribution in [3.05, 3.63) is 94.0 Å². The molecular formula is C30H36BrN3O4S. The summed E-state index contributed by atoms with van der Waals surface area (Å²) in [6, 6.07) is 20.2. The van der Waals surface area contributed by atoms with Gasteiger partial charge in [-0.1, -0.05) is 77.3 Å². The zero-order chi connectivity index (χ0) is 28.7. The average Bonchev–Trinajstić information content (AvgIpc) is 2.89. The van der Waals surface area contributed by atoms with Gasteiger partial charge in [-0.25, -0.2) is 8.42 Å². The molecule has 0 saturated heterocycles. The number of aryl methyl sites for hydroxylation is 2. The summed E-state index contributed by atoms with van der Waals surface area (Å²) in [5.74, 6) is -0.541. The minimum Gasteiger partial charge on any atom is -0.354 e. The summed E-state index contributed by atoms with van der Waals surface area (Å²) in [6.45, 7) is 9.58. The number of carbonyl (C=O) groups excluding carboxylic acids is 2. The van der Waals surface area contributed by atoms with Crippen LogP contribution in [0.15, 0.2) is 82.2 Å². The predicted molar refractivity (Wildman–Crippen MR) is 159 cm³/mol. The van der Waals surface area contributed by atoms with Gasteiger partial charge in [-0.15, -0.1) is 0 Å². The molecule has 0 fully saturated rings. The van der Waals surface area contributed by atoms with E-state index in [0.717, 1.165) is 25.5 Å². The molecule has 0 aliphatic carbocycles. The van der Waals surface area contributed by atoms with E-state index in [9.17, 15) is 18.0 Å². The van der Waals surface area contributed by atoms with E-state index in [1.165, 1.54) is 17.0 Å². The summed E-state index contributed by atoms with van der Waals surface area (Å²) in [7, 11) is -4.08. The number of nitrogens with zero attached hydrogens (tertiary/aromatic N) is 2. The standard InChI is InChI=1S/C30H36BrN3O4S/c1-21(2)18-32-30(36)24(5)33(19-25-7-6-8-26(31)17-25)29(35)20-34(27-13-9-22(3)10-14-27)39(37,38)28-15-11-23(4)12-16-28/h6-17,21,24H,18-20H2,1-5H3,(H,32,36)/t24-/m1/s1. The van der Waals surface area contributed by atoms with Crippen LogP contribution in [0.25, 0.3) is 0 Å². The molecule has 0 radical (unpaired) electrons. The first-order valence-corrected chi connectivity index (χ1v) is 15.1. The third kappa shape index (κ3) is 8.16. The van der Waals surface area contributed by atoms with Gasteiger partial charge in [0.2, 0.25) is 11.8 Å². The van der Waals surface area contributed by atoms with Gasteiger partial charge in [0.15, 0.2) is 0 Å². The Balaban J connectivity index is 2.01. The molecule has 9 heteroatoms. The number of nitrogens with one attached hydrogen (secondary N) is 1. The SMILES string of the molecule is Cc1ccc(N(CC(=O)N(Cc2cccc(Br)c2)[C@H](C)C(=O)NCC(C)C)S(=O)(=O)c2ccc(C)cc2)cc1. The molecule has 0 bridgehead atoms. The molecular weight excluding hydrogens is 578 g/mol. The lowest BCUT2D eigenvalue weighted by Gasteiger charge is -2.32. The van der Waals surface area contributed by atoms with E-state index in [2.05, 4.69) is 21.2 Å². The molecule has 0 aromatic heterocycles. The predicted octanol–water partition coefficient (Wildman–Crippen LogP) is 5.45.